The van der Waals surface area contributed by atoms with Crippen LogP contribution in [-0.4, -0.2) is 15.9 Å². The van der Waals surface area contributed by atoms with E-state index in [9.17, 15) is 18.0 Å². The number of halogens is 4. The zero-order valence-electron chi connectivity index (χ0n) is 15.2. The molecule has 0 bridgehead atoms. The van der Waals surface area contributed by atoms with Crippen LogP contribution in [0, 0.1) is 3.57 Å². The Morgan fingerprint density at radius 2 is 1.87 bits per heavy atom. The molecule has 0 spiro atoms. The van der Waals surface area contributed by atoms with Gasteiger partial charge in [0.1, 0.15) is 0 Å². The summed E-state index contributed by atoms with van der Waals surface area (Å²) in [6.07, 6.45) is -1.30. The van der Waals surface area contributed by atoms with Crippen molar-refractivity contribution in [3.05, 3.63) is 87.3 Å². The number of aromatic nitrogens is 2. The molecule has 4 rings (SSSR count). The average Bonchev–Trinajstić information content (AvgIpc) is 3.16. The third-order valence-corrected chi connectivity index (χ3v) is 6.34. The number of alkyl halides is 3. The van der Waals surface area contributed by atoms with Crippen LogP contribution in [0.25, 0.3) is 10.2 Å². The van der Waals surface area contributed by atoms with Gasteiger partial charge in [-0.2, -0.15) is 13.2 Å². The Kier molecular flexibility index (Phi) is 5.74. The SMILES string of the molecule is O=C(c1ccccc1I)N(Cc1cccnc1)c1nc2c(C(F)(F)F)cccc2s1. The minimum atomic E-state index is -4.53. The molecule has 2 aromatic heterocycles. The fraction of sp³-hybridized carbons (Fsp3) is 0.0952. The summed E-state index contributed by atoms with van der Waals surface area (Å²) in [6.45, 7) is 0.138. The van der Waals surface area contributed by atoms with Crippen molar-refractivity contribution in [3.8, 4) is 0 Å². The molecule has 0 aliphatic carbocycles. The van der Waals surface area contributed by atoms with Gasteiger partial charge in [0.25, 0.3) is 5.91 Å². The maximum Gasteiger partial charge on any atom is 0.418 e. The lowest BCUT2D eigenvalue weighted by atomic mass is 10.2. The maximum atomic E-state index is 13.4. The second-order valence-corrected chi connectivity index (χ2v) is 8.55. The van der Waals surface area contributed by atoms with Gasteiger partial charge in [-0.15, -0.1) is 0 Å². The zero-order chi connectivity index (χ0) is 21.3. The number of thiazole rings is 1. The van der Waals surface area contributed by atoms with Crippen LogP contribution in [0.1, 0.15) is 21.5 Å². The van der Waals surface area contributed by atoms with E-state index in [2.05, 4.69) is 32.6 Å². The second kappa shape index (κ2) is 8.31. The van der Waals surface area contributed by atoms with Crippen LogP contribution in [0.3, 0.4) is 0 Å². The predicted molar refractivity (Wildman–Crippen MR) is 119 cm³/mol. The van der Waals surface area contributed by atoms with Crippen molar-refractivity contribution in [1.29, 1.82) is 0 Å². The Bertz CT molecular complexity index is 1210. The fourth-order valence-electron chi connectivity index (χ4n) is 2.96. The lowest BCUT2D eigenvalue weighted by molar-refractivity contribution is -0.136. The van der Waals surface area contributed by atoms with Crippen LogP contribution in [0.4, 0.5) is 18.3 Å². The van der Waals surface area contributed by atoms with E-state index in [1.807, 2.05) is 6.07 Å². The first kappa shape index (κ1) is 20.7. The molecule has 1 amide bonds. The molecule has 9 heteroatoms. The van der Waals surface area contributed by atoms with Gasteiger partial charge in [-0.25, -0.2) is 4.98 Å². The third kappa shape index (κ3) is 4.17. The number of pyridine rings is 1. The molecule has 0 unspecified atom stereocenters. The molecular weight excluding hydrogens is 526 g/mol. The zero-order valence-corrected chi connectivity index (χ0v) is 18.2. The highest BCUT2D eigenvalue weighted by Crippen LogP contribution is 2.39. The van der Waals surface area contributed by atoms with Crippen LogP contribution >= 0.6 is 33.9 Å². The summed E-state index contributed by atoms with van der Waals surface area (Å²) in [7, 11) is 0. The summed E-state index contributed by atoms with van der Waals surface area (Å²) >= 11 is 3.12. The van der Waals surface area contributed by atoms with Gasteiger partial charge in [-0.1, -0.05) is 35.6 Å². The van der Waals surface area contributed by atoms with Crippen molar-refractivity contribution in [2.45, 2.75) is 12.7 Å². The summed E-state index contributed by atoms with van der Waals surface area (Å²) in [5, 5.41) is 0.204. The van der Waals surface area contributed by atoms with E-state index in [4.69, 9.17) is 0 Å². The highest BCUT2D eigenvalue weighted by atomic mass is 127. The van der Waals surface area contributed by atoms with Crippen molar-refractivity contribution in [2.75, 3.05) is 4.90 Å². The Balaban J connectivity index is 1.84. The summed E-state index contributed by atoms with van der Waals surface area (Å²) in [4.78, 5) is 23.1. The van der Waals surface area contributed by atoms with Gasteiger partial charge >= 0.3 is 6.18 Å². The number of para-hydroxylation sites is 1. The van der Waals surface area contributed by atoms with Crippen molar-refractivity contribution in [1.82, 2.24) is 9.97 Å². The number of fused-ring (bicyclic) bond motifs is 1. The number of carbonyl (C=O) groups excluding carboxylic acids is 1. The maximum absolute atomic E-state index is 13.4. The van der Waals surface area contributed by atoms with E-state index < -0.39 is 11.7 Å². The Hall–Kier alpha value is -2.53. The van der Waals surface area contributed by atoms with E-state index in [0.717, 1.165) is 26.5 Å². The number of benzene rings is 2. The summed E-state index contributed by atoms with van der Waals surface area (Å²) in [6, 6.07) is 14.5. The molecule has 30 heavy (non-hydrogen) atoms. The van der Waals surface area contributed by atoms with Gasteiger partial charge in [0, 0.05) is 16.0 Å². The van der Waals surface area contributed by atoms with E-state index >= 15 is 0 Å². The first-order valence-corrected chi connectivity index (χ1v) is 10.7. The lowest BCUT2D eigenvalue weighted by Gasteiger charge is -2.20. The molecule has 0 saturated heterocycles. The number of amides is 1. The number of hydrogen-bond acceptors (Lipinski definition) is 4. The lowest BCUT2D eigenvalue weighted by Crippen LogP contribution is -2.31. The van der Waals surface area contributed by atoms with Gasteiger partial charge in [0.2, 0.25) is 0 Å². The minimum Gasteiger partial charge on any atom is -0.279 e. The number of nitrogens with zero attached hydrogens (tertiary/aromatic N) is 3. The molecule has 0 aliphatic rings. The first-order valence-electron chi connectivity index (χ1n) is 8.76. The summed E-state index contributed by atoms with van der Waals surface area (Å²) in [5.74, 6) is -0.337. The topological polar surface area (TPSA) is 46.1 Å². The van der Waals surface area contributed by atoms with E-state index in [0.29, 0.717) is 10.3 Å². The van der Waals surface area contributed by atoms with E-state index in [1.54, 1.807) is 48.8 Å². The molecule has 0 radical (unpaired) electrons. The van der Waals surface area contributed by atoms with Gasteiger partial charge in [-0.3, -0.25) is 14.7 Å². The molecule has 0 fully saturated rings. The molecule has 2 heterocycles. The Labute approximate surface area is 187 Å². The van der Waals surface area contributed by atoms with Crippen LogP contribution in [0.15, 0.2) is 67.0 Å². The highest BCUT2D eigenvalue weighted by Gasteiger charge is 2.34. The van der Waals surface area contributed by atoms with Crippen LogP contribution < -0.4 is 4.90 Å². The molecule has 0 N–H and O–H groups in total. The number of carbonyl (C=O) groups is 1. The van der Waals surface area contributed by atoms with Gasteiger partial charge in [-0.05, 0) is 58.5 Å². The molecule has 0 atom stereocenters. The summed E-state index contributed by atoms with van der Waals surface area (Å²) in [5.41, 5.74) is 0.228. The van der Waals surface area contributed by atoms with Crippen molar-refractivity contribution in [3.63, 3.8) is 0 Å². The molecule has 2 aromatic carbocycles. The molecule has 4 aromatic rings. The molecular formula is C21H13F3IN3OS. The quantitative estimate of drug-likeness (QED) is 0.292. The van der Waals surface area contributed by atoms with Gasteiger partial charge in [0.15, 0.2) is 5.13 Å². The van der Waals surface area contributed by atoms with Gasteiger partial charge in [0.05, 0.1) is 27.9 Å². The van der Waals surface area contributed by atoms with Crippen LogP contribution in [0.2, 0.25) is 0 Å². The van der Waals surface area contributed by atoms with E-state index in [-0.39, 0.29) is 23.1 Å². The average molecular weight is 539 g/mol. The molecule has 0 saturated carbocycles. The third-order valence-electron chi connectivity index (χ3n) is 4.36. The normalized spacial score (nSPS) is 11.6. The molecule has 4 nitrogen and oxygen atoms in total. The number of hydrogen-bond donors (Lipinski definition) is 0. The molecule has 0 aliphatic heterocycles. The van der Waals surface area contributed by atoms with Crippen molar-refractivity contribution < 1.29 is 18.0 Å². The smallest absolute Gasteiger partial charge is 0.279 e. The van der Waals surface area contributed by atoms with Crippen molar-refractivity contribution >= 4 is 55.2 Å². The fourth-order valence-corrected chi connectivity index (χ4v) is 4.57. The van der Waals surface area contributed by atoms with Crippen LogP contribution in [-0.2, 0) is 12.7 Å². The van der Waals surface area contributed by atoms with E-state index in [1.165, 1.54) is 11.0 Å². The molecule has 152 valence electrons. The van der Waals surface area contributed by atoms with Crippen LogP contribution in [0.5, 0.6) is 0 Å². The largest absolute Gasteiger partial charge is 0.418 e. The predicted octanol–water partition coefficient (Wildman–Crippen LogP) is 6.16. The first-order chi connectivity index (χ1) is 14.3. The highest BCUT2D eigenvalue weighted by molar-refractivity contribution is 14.1. The van der Waals surface area contributed by atoms with Gasteiger partial charge < -0.3 is 0 Å². The number of rotatable bonds is 4. The van der Waals surface area contributed by atoms with Crippen molar-refractivity contribution in [2.24, 2.45) is 0 Å². The number of anilines is 1. The summed E-state index contributed by atoms with van der Waals surface area (Å²) < 4.78 is 41.4. The minimum absolute atomic E-state index is 0.138. The second-order valence-electron chi connectivity index (χ2n) is 6.38. The monoisotopic (exact) mass is 539 g/mol. The Morgan fingerprint density at radius 1 is 1.07 bits per heavy atom. The standard InChI is InChI=1S/C21H13F3IN3OS/c22-21(23,24)15-7-3-9-17-18(15)27-20(30-17)28(12-13-5-4-10-26-11-13)19(29)14-6-1-2-8-16(14)25/h1-11H,12H2. The Morgan fingerprint density at radius 3 is 2.57 bits per heavy atom.